The molecule has 1 aromatic heterocycles. The minimum atomic E-state index is 0.744. The van der Waals surface area contributed by atoms with Crippen LogP contribution in [-0.2, 0) is 0 Å². The molecule has 0 spiro atoms. The fourth-order valence-electron chi connectivity index (χ4n) is 2.00. The van der Waals surface area contributed by atoms with Crippen LogP contribution in [-0.4, -0.2) is 9.97 Å². The summed E-state index contributed by atoms with van der Waals surface area (Å²) < 4.78 is 0. The molecule has 0 saturated carbocycles. The maximum atomic E-state index is 5.72. The van der Waals surface area contributed by atoms with Crippen molar-refractivity contribution >= 4 is 5.69 Å². The van der Waals surface area contributed by atoms with Gasteiger partial charge in [-0.2, -0.15) is 0 Å². The average molecular weight is 247 g/mol. The molecule has 3 rings (SSSR count). The van der Waals surface area contributed by atoms with Crippen molar-refractivity contribution in [3.63, 3.8) is 0 Å². The predicted molar refractivity (Wildman–Crippen MR) is 77.3 cm³/mol. The van der Waals surface area contributed by atoms with Crippen molar-refractivity contribution in [2.24, 2.45) is 0 Å². The van der Waals surface area contributed by atoms with Gasteiger partial charge in [-0.1, -0.05) is 42.5 Å². The lowest BCUT2D eigenvalue weighted by Crippen LogP contribution is -1.92. The number of rotatable bonds is 2. The number of nitrogens with zero attached hydrogens (tertiary/aromatic N) is 2. The number of anilines is 1. The fourth-order valence-corrected chi connectivity index (χ4v) is 2.00. The normalized spacial score (nSPS) is 10.3. The highest BCUT2D eigenvalue weighted by Crippen LogP contribution is 2.28. The van der Waals surface area contributed by atoms with Crippen LogP contribution in [0.2, 0.25) is 0 Å². The summed E-state index contributed by atoms with van der Waals surface area (Å²) in [5.74, 6) is 0. The van der Waals surface area contributed by atoms with Crippen LogP contribution in [0.1, 0.15) is 0 Å². The van der Waals surface area contributed by atoms with Crippen LogP contribution in [0.4, 0.5) is 5.69 Å². The van der Waals surface area contributed by atoms with Gasteiger partial charge in [0.25, 0.3) is 0 Å². The molecule has 1 heterocycles. The molecule has 0 radical (unpaired) electrons. The first-order valence-corrected chi connectivity index (χ1v) is 6.07. The standard InChI is InChI=1S/C16H13N3/c17-14-8-6-13(7-9-14)16-15(18-10-11-19-16)12-4-2-1-3-5-12/h1-11H,17H2. The number of benzene rings is 2. The van der Waals surface area contributed by atoms with Crippen molar-refractivity contribution in [2.75, 3.05) is 5.73 Å². The van der Waals surface area contributed by atoms with Crippen molar-refractivity contribution in [1.29, 1.82) is 0 Å². The molecule has 0 atom stereocenters. The number of aromatic nitrogens is 2. The van der Waals surface area contributed by atoms with Crippen LogP contribution >= 0.6 is 0 Å². The van der Waals surface area contributed by atoms with E-state index in [4.69, 9.17) is 5.73 Å². The lowest BCUT2D eigenvalue weighted by atomic mass is 10.0. The second-order valence-electron chi connectivity index (χ2n) is 4.24. The molecule has 2 aromatic carbocycles. The number of nitrogens with two attached hydrogens (primary N) is 1. The van der Waals surface area contributed by atoms with Gasteiger partial charge < -0.3 is 5.73 Å². The van der Waals surface area contributed by atoms with E-state index >= 15 is 0 Å². The van der Waals surface area contributed by atoms with Gasteiger partial charge in [0.15, 0.2) is 0 Å². The van der Waals surface area contributed by atoms with Gasteiger partial charge in [-0.25, -0.2) is 0 Å². The largest absolute Gasteiger partial charge is 0.399 e. The number of hydrogen-bond donors (Lipinski definition) is 1. The molecule has 2 N–H and O–H groups in total. The maximum Gasteiger partial charge on any atom is 0.0965 e. The molecule has 19 heavy (non-hydrogen) atoms. The molecular weight excluding hydrogens is 234 g/mol. The van der Waals surface area contributed by atoms with E-state index in [9.17, 15) is 0 Å². The van der Waals surface area contributed by atoms with Gasteiger partial charge in [-0.3, -0.25) is 9.97 Å². The van der Waals surface area contributed by atoms with Crippen LogP contribution in [0.15, 0.2) is 67.0 Å². The van der Waals surface area contributed by atoms with Crippen LogP contribution < -0.4 is 5.73 Å². The zero-order chi connectivity index (χ0) is 13.1. The molecule has 92 valence electrons. The van der Waals surface area contributed by atoms with Crippen molar-refractivity contribution in [3.8, 4) is 22.5 Å². The summed E-state index contributed by atoms with van der Waals surface area (Å²) in [5, 5.41) is 0. The Hall–Kier alpha value is -2.68. The van der Waals surface area contributed by atoms with E-state index < -0.39 is 0 Å². The Morgan fingerprint density at radius 2 is 1.16 bits per heavy atom. The number of nitrogen functional groups attached to an aromatic ring is 1. The summed E-state index contributed by atoms with van der Waals surface area (Å²) in [6.45, 7) is 0. The van der Waals surface area contributed by atoms with E-state index in [2.05, 4.69) is 9.97 Å². The summed E-state index contributed by atoms with van der Waals surface area (Å²) in [4.78, 5) is 8.91. The minimum Gasteiger partial charge on any atom is -0.399 e. The monoisotopic (exact) mass is 247 g/mol. The second-order valence-corrected chi connectivity index (χ2v) is 4.24. The molecule has 0 saturated heterocycles. The molecular formula is C16H13N3. The Kier molecular flexibility index (Phi) is 2.94. The zero-order valence-electron chi connectivity index (χ0n) is 10.3. The van der Waals surface area contributed by atoms with Gasteiger partial charge in [0.05, 0.1) is 11.4 Å². The highest BCUT2D eigenvalue weighted by molar-refractivity contribution is 5.78. The van der Waals surface area contributed by atoms with Crippen molar-refractivity contribution in [2.45, 2.75) is 0 Å². The molecule has 3 aromatic rings. The molecule has 0 aliphatic rings. The van der Waals surface area contributed by atoms with Crippen LogP contribution in [0.3, 0.4) is 0 Å². The summed E-state index contributed by atoms with van der Waals surface area (Å²) >= 11 is 0. The van der Waals surface area contributed by atoms with Crippen molar-refractivity contribution < 1.29 is 0 Å². The Labute approximate surface area is 111 Å². The molecule has 0 bridgehead atoms. The molecule has 0 unspecified atom stereocenters. The fraction of sp³-hybridized carbons (Fsp3) is 0. The van der Waals surface area contributed by atoms with Gasteiger partial charge in [0.1, 0.15) is 0 Å². The molecule has 0 aliphatic heterocycles. The van der Waals surface area contributed by atoms with E-state index in [-0.39, 0.29) is 0 Å². The topological polar surface area (TPSA) is 51.8 Å². The van der Waals surface area contributed by atoms with Crippen molar-refractivity contribution in [3.05, 3.63) is 67.0 Å². The Bertz CT molecular complexity index is 676. The third kappa shape index (κ3) is 2.31. The van der Waals surface area contributed by atoms with Gasteiger partial charge in [-0.05, 0) is 12.1 Å². The second kappa shape index (κ2) is 4.90. The van der Waals surface area contributed by atoms with Crippen LogP contribution in [0.25, 0.3) is 22.5 Å². The predicted octanol–water partition coefficient (Wildman–Crippen LogP) is 3.39. The average Bonchev–Trinajstić information content (AvgIpc) is 2.49. The summed E-state index contributed by atoms with van der Waals surface area (Å²) in [7, 11) is 0. The SMILES string of the molecule is Nc1ccc(-c2nccnc2-c2ccccc2)cc1. The van der Waals surface area contributed by atoms with Crippen molar-refractivity contribution in [1.82, 2.24) is 9.97 Å². The lowest BCUT2D eigenvalue weighted by Gasteiger charge is -2.07. The Morgan fingerprint density at radius 3 is 1.74 bits per heavy atom. The minimum absolute atomic E-state index is 0.744. The number of hydrogen-bond acceptors (Lipinski definition) is 3. The first kappa shape index (κ1) is 11.4. The highest BCUT2D eigenvalue weighted by atomic mass is 14.8. The summed E-state index contributed by atoms with van der Waals surface area (Å²) in [6, 6.07) is 17.7. The molecule has 3 nitrogen and oxygen atoms in total. The third-order valence-electron chi connectivity index (χ3n) is 2.93. The van der Waals surface area contributed by atoms with E-state index in [1.165, 1.54) is 0 Å². The van der Waals surface area contributed by atoms with E-state index in [1.54, 1.807) is 12.4 Å². The van der Waals surface area contributed by atoms with Gasteiger partial charge in [0.2, 0.25) is 0 Å². The lowest BCUT2D eigenvalue weighted by molar-refractivity contribution is 1.21. The third-order valence-corrected chi connectivity index (χ3v) is 2.93. The van der Waals surface area contributed by atoms with E-state index in [1.807, 2.05) is 54.6 Å². The maximum absolute atomic E-state index is 5.72. The molecule has 3 heteroatoms. The first-order chi connectivity index (χ1) is 9.34. The van der Waals surface area contributed by atoms with Gasteiger partial charge in [0, 0.05) is 29.2 Å². The van der Waals surface area contributed by atoms with Gasteiger partial charge >= 0.3 is 0 Å². The quantitative estimate of drug-likeness (QED) is 0.706. The summed E-state index contributed by atoms with van der Waals surface area (Å²) in [5.41, 5.74) is 10.3. The van der Waals surface area contributed by atoms with E-state index in [0.717, 1.165) is 28.2 Å². The molecule has 0 aliphatic carbocycles. The zero-order valence-corrected chi connectivity index (χ0v) is 10.3. The molecule has 0 amide bonds. The summed E-state index contributed by atoms with van der Waals surface area (Å²) in [6.07, 6.45) is 3.42. The molecule has 0 fully saturated rings. The highest BCUT2D eigenvalue weighted by Gasteiger charge is 2.09. The Morgan fingerprint density at radius 1 is 0.632 bits per heavy atom. The smallest absolute Gasteiger partial charge is 0.0965 e. The van der Waals surface area contributed by atoms with Crippen LogP contribution in [0.5, 0.6) is 0 Å². The first-order valence-electron chi connectivity index (χ1n) is 6.07. The Balaban J connectivity index is 2.15. The van der Waals surface area contributed by atoms with E-state index in [0.29, 0.717) is 0 Å². The van der Waals surface area contributed by atoms with Gasteiger partial charge in [-0.15, -0.1) is 0 Å². The van der Waals surface area contributed by atoms with Crippen LogP contribution in [0, 0.1) is 0 Å².